The lowest BCUT2D eigenvalue weighted by Gasteiger charge is -2.36. The number of allylic oxidation sites excluding steroid dienone is 2. The average Bonchev–Trinajstić information content (AvgIpc) is 2.95. The Balaban J connectivity index is 1.72. The van der Waals surface area contributed by atoms with Gasteiger partial charge in [-0.15, -0.1) is 0 Å². The first-order valence-corrected chi connectivity index (χ1v) is 9.09. The highest BCUT2D eigenvalue weighted by Crippen LogP contribution is 2.51. The molecule has 1 aliphatic heterocycles. The molecule has 0 fully saturated rings. The zero-order valence-corrected chi connectivity index (χ0v) is 14.8. The van der Waals surface area contributed by atoms with Crippen molar-refractivity contribution in [2.24, 2.45) is 0 Å². The number of hydrogen-bond donors (Lipinski definition) is 1. The average molecular weight is 337 g/mol. The van der Waals surface area contributed by atoms with Gasteiger partial charge in [0, 0.05) is 16.8 Å². The second kappa shape index (κ2) is 5.62. The second-order valence-corrected chi connectivity index (χ2v) is 7.38. The van der Waals surface area contributed by atoms with Gasteiger partial charge in [-0.05, 0) is 41.5 Å². The minimum absolute atomic E-state index is 0.0803. The molecule has 0 radical (unpaired) electrons. The van der Waals surface area contributed by atoms with Crippen molar-refractivity contribution in [3.63, 3.8) is 0 Å². The molecule has 2 nitrogen and oxygen atoms in total. The highest BCUT2D eigenvalue weighted by Gasteiger charge is 2.46. The summed E-state index contributed by atoms with van der Waals surface area (Å²) in [5, 5.41) is 12.2. The summed E-state index contributed by atoms with van der Waals surface area (Å²) in [6, 6.07) is 24.0. The number of anilines is 2. The van der Waals surface area contributed by atoms with Crippen LogP contribution in [0.4, 0.5) is 11.4 Å². The van der Waals surface area contributed by atoms with E-state index in [2.05, 4.69) is 96.8 Å². The van der Waals surface area contributed by atoms with E-state index in [0.717, 1.165) is 5.47 Å². The number of nitrogens with zero attached hydrogens (tertiary/aromatic N) is 1. The van der Waals surface area contributed by atoms with Gasteiger partial charge >= 0.3 is 7.48 Å². The number of para-hydroxylation sites is 1. The van der Waals surface area contributed by atoms with Gasteiger partial charge < -0.3 is 9.92 Å². The van der Waals surface area contributed by atoms with Crippen LogP contribution in [0.5, 0.6) is 0 Å². The monoisotopic (exact) mass is 337 g/mol. The molecule has 0 spiro atoms. The Kier molecular flexibility index (Phi) is 3.34. The lowest BCUT2D eigenvalue weighted by molar-refractivity contribution is 0.545. The maximum Gasteiger partial charge on any atom is 0.304 e. The van der Waals surface area contributed by atoms with Gasteiger partial charge in [-0.3, -0.25) is 0 Å². The minimum atomic E-state index is -0.144. The zero-order valence-electron chi connectivity index (χ0n) is 14.8. The summed E-state index contributed by atoms with van der Waals surface area (Å²) in [5.41, 5.74) is 4.60. The van der Waals surface area contributed by atoms with Crippen molar-refractivity contribution in [2.45, 2.75) is 18.4 Å². The smallest absolute Gasteiger partial charge is 0.304 e. The van der Waals surface area contributed by atoms with Crippen LogP contribution in [-0.2, 0) is 5.41 Å². The Bertz CT molecular complexity index is 1070. The summed E-state index contributed by atoms with van der Waals surface area (Å²) in [6.07, 6.45) is 6.53. The molecule has 0 amide bonds. The zero-order chi connectivity index (χ0) is 17.7. The first-order chi connectivity index (χ1) is 12.7. The summed E-state index contributed by atoms with van der Waals surface area (Å²) in [7, 11) is 0.0803. The molecular formula is C23H20BNO. The van der Waals surface area contributed by atoms with Crippen LogP contribution in [0, 0.1) is 0 Å². The molecule has 26 heavy (non-hydrogen) atoms. The molecule has 0 saturated carbocycles. The van der Waals surface area contributed by atoms with E-state index >= 15 is 0 Å². The van der Waals surface area contributed by atoms with Crippen LogP contribution in [0.15, 0.2) is 90.4 Å². The van der Waals surface area contributed by atoms with Gasteiger partial charge in [-0.25, -0.2) is 0 Å². The van der Waals surface area contributed by atoms with Crippen molar-refractivity contribution in [1.82, 2.24) is 0 Å². The molecule has 2 atom stereocenters. The minimum Gasteiger partial charge on any atom is -0.449 e. The fourth-order valence-electron chi connectivity index (χ4n) is 4.54. The van der Waals surface area contributed by atoms with Crippen molar-refractivity contribution in [3.05, 3.63) is 96.0 Å². The number of benzene rings is 3. The van der Waals surface area contributed by atoms with E-state index in [0.29, 0.717) is 0 Å². The quantitative estimate of drug-likeness (QED) is 0.700. The maximum absolute atomic E-state index is 9.64. The van der Waals surface area contributed by atoms with Gasteiger partial charge in [-0.2, -0.15) is 0 Å². The molecule has 2 unspecified atom stereocenters. The van der Waals surface area contributed by atoms with E-state index in [9.17, 15) is 5.02 Å². The lowest BCUT2D eigenvalue weighted by Crippen LogP contribution is -2.40. The normalized spacial score (nSPS) is 23.5. The first-order valence-electron chi connectivity index (χ1n) is 9.09. The molecule has 1 heterocycles. The molecule has 1 aliphatic carbocycles. The van der Waals surface area contributed by atoms with Gasteiger partial charge in [0.05, 0.1) is 6.04 Å². The highest BCUT2D eigenvalue weighted by molar-refractivity contribution is 6.38. The summed E-state index contributed by atoms with van der Waals surface area (Å²) < 4.78 is 0. The summed E-state index contributed by atoms with van der Waals surface area (Å²) in [6.45, 7) is 2.27. The largest absolute Gasteiger partial charge is 0.449 e. The van der Waals surface area contributed by atoms with Crippen LogP contribution in [0.3, 0.4) is 0 Å². The Morgan fingerprint density at radius 1 is 0.962 bits per heavy atom. The lowest BCUT2D eigenvalue weighted by atomic mass is 9.69. The van der Waals surface area contributed by atoms with Gasteiger partial charge in [0.1, 0.15) is 0 Å². The molecule has 5 rings (SSSR count). The Morgan fingerprint density at radius 2 is 1.73 bits per heavy atom. The summed E-state index contributed by atoms with van der Waals surface area (Å²) in [4.78, 5) is 2.43. The van der Waals surface area contributed by atoms with E-state index in [1.54, 1.807) is 0 Å². The number of fused-ring (bicyclic) bond motifs is 4. The molecule has 3 aromatic carbocycles. The van der Waals surface area contributed by atoms with Crippen molar-refractivity contribution < 1.29 is 5.02 Å². The van der Waals surface area contributed by atoms with Crippen LogP contribution in [0.1, 0.15) is 12.5 Å². The summed E-state index contributed by atoms with van der Waals surface area (Å²) in [5.74, 6) is 0. The molecule has 3 heteroatoms. The molecule has 2 aliphatic rings. The van der Waals surface area contributed by atoms with Crippen molar-refractivity contribution in [3.8, 4) is 0 Å². The standard InChI is InChI=1S/C23H20BNO/c1-23-15-18(24-26)11-13-22(23)25(21-9-5-4-8-20(21)23)19-12-10-16-6-2-3-7-17(16)14-19/h2-15,22,24,26H,1H3. The predicted molar refractivity (Wildman–Crippen MR) is 110 cm³/mol. The topological polar surface area (TPSA) is 23.5 Å². The van der Waals surface area contributed by atoms with Crippen molar-refractivity contribution in [1.29, 1.82) is 0 Å². The molecule has 1 N–H and O–H groups in total. The Labute approximate surface area is 154 Å². The van der Waals surface area contributed by atoms with E-state index < -0.39 is 0 Å². The third kappa shape index (κ3) is 2.10. The highest BCUT2D eigenvalue weighted by atomic mass is 16.2. The molecular weight excluding hydrogens is 317 g/mol. The molecule has 0 saturated heterocycles. The van der Waals surface area contributed by atoms with Gasteiger partial charge in [0.15, 0.2) is 0 Å². The van der Waals surface area contributed by atoms with Crippen molar-refractivity contribution >= 4 is 29.6 Å². The van der Waals surface area contributed by atoms with Crippen molar-refractivity contribution in [2.75, 3.05) is 4.90 Å². The molecule has 0 bridgehead atoms. The maximum atomic E-state index is 9.64. The van der Waals surface area contributed by atoms with E-state index in [1.165, 1.54) is 27.7 Å². The second-order valence-electron chi connectivity index (χ2n) is 7.38. The van der Waals surface area contributed by atoms with Crippen LogP contribution >= 0.6 is 0 Å². The van der Waals surface area contributed by atoms with E-state index in [-0.39, 0.29) is 18.9 Å². The van der Waals surface area contributed by atoms with Crippen LogP contribution < -0.4 is 4.90 Å². The Hall–Kier alpha value is -2.78. The van der Waals surface area contributed by atoms with E-state index in [4.69, 9.17) is 0 Å². The SMILES string of the molecule is CC12C=C(BO)C=CC1N(c1ccc3ccccc3c1)c1ccccc12. The molecule has 0 aromatic heterocycles. The van der Waals surface area contributed by atoms with Crippen LogP contribution in [0.2, 0.25) is 0 Å². The van der Waals surface area contributed by atoms with E-state index in [1.807, 2.05) is 0 Å². The Morgan fingerprint density at radius 3 is 2.58 bits per heavy atom. The van der Waals surface area contributed by atoms with Gasteiger partial charge in [0.2, 0.25) is 0 Å². The molecule has 3 aromatic rings. The predicted octanol–water partition coefficient (Wildman–Crippen LogP) is 4.42. The number of rotatable bonds is 2. The van der Waals surface area contributed by atoms with Crippen LogP contribution in [-0.4, -0.2) is 18.5 Å². The summed E-state index contributed by atoms with van der Waals surface area (Å²) >= 11 is 0. The fourth-order valence-corrected chi connectivity index (χ4v) is 4.54. The van der Waals surface area contributed by atoms with Crippen LogP contribution in [0.25, 0.3) is 10.8 Å². The first kappa shape index (κ1) is 15.5. The third-order valence-electron chi connectivity index (χ3n) is 5.81. The van der Waals surface area contributed by atoms with Gasteiger partial charge in [0.25, 0.3) is 0 Å². The third-order valence-corrected chi connectivity index (χ3v) is 5.81. The van der Waals surface area contributed by atoms with Gasteiger partial charge in [-0.1, -0.05) is 72.2 Å². The number of hydrogen-bond acceptors (Lipinski definition) is 2. The molecule has 126 valence electrons. The fraction of sp³-hybridized carbons (Fsp3) is 0.130.